The summed E-state index contributed by atoms with van der Waals surface area (Å²) in [6.07, 6.45) is 1.56. The van der Waals surface area contributed by atoms with E-state index >= 15 is 0 Å². The minimum absolute atomic E-state index is 0.0881. The number of nitrogens with one attached hydrogen (secondary N) is 2. The monoisotopic (exact) mass is 425 g/mol. The molecule has 0 saturated carbocycles. The number of amides is 3. The van der Waals surface area contributed by atoms with Crippen molar-refractivity contribution >= 4 is 23.4 Å². The average Bonchev–Trinajstić information content (AvgIpc) is 2.78. The van der Waals surface area contributed by atoms with E-state index < -0.39 is 0 Å². The fraction of sp³-hybridized carbons (Fsp3) is 0.375. The molecule has 166 valence electrons. The van der Waals surface area contributed by atoms with Crippen LogP contribution in [0.15, 0.2) is 54.6 Å². The summed E-state index contributed by atoms with van der Waals surface area (Å²) >= 11 is 0. The van der Waals surface area contributed by atoms with Crippen LogP contribution in [0.4, 0.5) is 5.69 Å². The molecule has 0 radical (unpaired) electrons. The molecule has 0 aliphatic carbocycles. The van der Waals surface area contributed by atoms with Crippen LogP contribution < -0.4 is 10.6 Å². The quantitative estimate of drug-likeness (QED) is 0.512. The molecule has 0 aliphatic rings. The fourth-order valence-corrected chi connectivity index (χ4v) is 3.00. The first-order chi connectivity index (χ1) is 15.0. The molecule has 0 fully saturated rings. The van der Waals surface area contributed by atoms with E-state index in [-0.39, 0.29) is 30.8 Å². The molecular formula is C24H31N3O4. The third-order valence-corrected chi connectivity index (χ3v) is 4.72. The Morgan fingerprint density at radius 3 is 2.35 bits per heavy atom. The zero-order chi connectivity index (χ0) is 22.5. The molecule has 7 nitrogen and oxygen atoms in total. The molecule has 0 unspecified atom stereocenters. The highest BCUT2D eigenvalue weighted by Crippen LogP contribution is 2.08. The fourth-order valence-electron chi connectivity index (χ4n) is 3.00. The van der Waals surface area contributed by atoms with Crippen LogP contribution in [-0.4, -0.2) is 56.0 Å². The van der Waals surface area contributed by atoms with Crippen LogP contribution in [0.1, 0.15) is 24.0 Å². The Bertz CT molecular complexity index is 838. The van der Waals surface area contributed by atoms with Gasteiger partial charge in [-0.25, -0.2) is 0 Å². The number of anilines is 1. The van der Waals surface area contributed by atoms with Crippen LogP contribution in [0.25, 0.3) is 0 Å². The lowest BCUT2D eigenvalue weighted by Gasteiger charge is -2.22. The van der Waals surface area contributed by atoms with Crippen molar-refractivity contribution in [2.24, 2.45) is 0 Å². The first-order valence-corrected chi connectivity index (χ1v) is 10.4. The number of nitrogens with zero attached hydrogens (tertiary/aromatic N) is 1. The molecule has 2 aromatic carbocycles. The molecule has 0 bridgehead atoms. The van der Waals surface area contributed by atoms with Gasteiger partial charge in [0.2, 0.25) is 17.7 Å². The summed E-state index contributed by atoms with van der Waals surface area (Å²) in [5.74, 6) is -0.790. The van der Waals surface area contributed by atoms with Gasteiger partial charge in [0, 0.05) is 32.4 Å². The van der Waals surface area contributed by atoms with Crippen molar-refractivity contribution in [3.05, 3.63) is 65.7 Å². The smallest absolute Gasteiger partial charge is 0.243 e. The minimum atomic E-state index is -0.371. The van der Waals surface area contributed by atoms with Crippen molar-refractivity contribution in [2.75, 3.05) is 38.7 Å². The zero-order valence-corrected chi connectivity index (χ0v) is 18.2. The topological polar surface area (TPSA) is 87.7 Å². The molecule has 0 aliphatic heterocycles. The molecule has 0 atom stereocenters. The second-order valence-electron chi connectivity index (χ2n) is 7.34. The van der Waals surface area contributed by atoms with Crippen molar-refractivity contribution in [2.45, 2.75) is 26.2 Å². The molecule has 2 N–H and O–H groups in total. The summed E-state index contributed by atoms with van der Waals surface area (Å²) in [5, 5.41) is 5.32. The molecule has 0 heterocycles. The van der Waals surface area contributed by atoms with E-state index in [2.05, 4.69) is 10.6 Å². The van der Waals surface area contributed by atoms with E-state index in [0.29, 0.717) is 38.1 Å². The number of ether oxygens (including phenoxy) is 1. The van der Waals surface area contributed by atoms with Crippen molar-refractivity contribution in [1.82, 2.24) is 10.2 Å². The van der Waals surface area contributed by atoms with Gasteiger partial charge in [0.1, 0.15) is 0 Å². The largest absolute Gasteiger partial charge is 0.385 e. The first-order valence-electron chi connectivity index (χ1n) is 10.4. The number of carbonyl (C=O) groups is 3. The van der Waals surface area contributed by atoms with Crippen LogP contribution in [0.5, 0.6) is 0 Å². The van der Waals surface area contributed by atoms with Gasteiger partial charge in [-0.3, -0.25) is 14.4 Å². The molecule has 0 spiro atoms. The molecular weight excluding hydrogens is 394 g/mol. The van der Waals surface area contributed by atoms with E-state index in [1.165, 1.54) is 4.90 Å². The van der Waals surface area contributed by atoms with Crippen molar-refractivity contribution < 1.29 is 19.1 Å². The Hall–Kier alpha value is -3.19. The van der Waals surface area contributed by atoms with E-state index in [4.69, 9.17) is 4.74 Å². The highest BCUT2D eigenvalue weighted by atomic mass is 16.5. The van der Waals surface area contributed by atoms with E-state index in [0.717, 1.165) is 11.1 Å². The number of aryl methyl sites for hydroxylation is 2. The summed E-state index contributed by atoms with van der Waals surface area (Å²) in [4.78, 5) is 38.6. The van der Waals surface area contributed by atoms with Crippen LogP contribution in [0, 0.1) is 6.92 Å². The highest BCUT2D eigenvalue weighted by molar-refractivity contribution is 5.95. The summed E-state index contributed by atoms with van der Waals surface area (Å²) < 4.78 is 5.06. The van der Waals surface area contributed by atoms with Gasteiger partial charge in [0.25, 0.3) is 0 Å². The maximum absolute atomic E-state index is 12.7. The molecule has 7 heteroatoms. The maximum Gasteiger partial charge on any atom is 0.243 e. The molecule has 3 amide bonds. The third-order valence-electron chi connectivity index (χ3n) is 4.72. The van der Waals surface area contributed by atoms with Gasteiger partial charge in [0.05, 0.1) is 13.1 Å². The molecule has 31 heavy (non-hydrogen) atoms. The van der Waals surface area contributed by atoms with Crippen molar-refractivity contribution in [3.63, 3.8) is 0 Å². The minimum Gasteiger partial charge on any atom is -0.385 e. The van der Waals surface area contributed by atoms with Crippen molar-refractivity contribution in [3.8, 4) is 0 Å². The zero-order valence-electron chi connectivity index (χ0n) is 18.2. The molecule has 0 aromatic heterocycles. The Labute approximate surface area is 183 Å². The standard InChI is InChI=1S/C24H31N3O4/c1-19-9-12-21(13-10-19)26-22(28)17-25-23(29)18-27(15-6-16-31-2)24(30)14-11-20-7-4-3-5-8-20/h3-5,7-10,12-13H,6,11,14-18H2,1-2H3,(H,25,29)(H,26,28). The maximum atomic E-state index is 12.7. The number of methoxy groups -OCH3 is 1. The summed E-state index contributed by atoms with van der Waals surface area (Å²) in [6.45, 7) is 2.64. The second-order valence-corrected chi connectivity index (χ2v) is 7.34. The molecule has 2 rings (SSSR count). The lowest BCUT2D eigenvalue weighted by Crippen LogP contribution is -2.43. The van der Waals surface area contributed by atoms with Gasteiger partial charge in [-0.2, -0.15) is 0 Å². The van der Waals surface area contributed by atoms with Crippen LogP contribution in [0.3, 0.4) is 0 Å². The summed E-state index contributed by atoms with van der Waals surface area (Å²) in [6, 6.07) is 17.2. The van der Waals surface area contributed by atoms with Gasteiger partial charge in [-0.05, 0) is 37.5 Å². The Balaban J connectivity index is 1.82. The van der Waals surface area contributed by atoms with E-state index in [9.17, 15) is 14.4 Å². The lowest BCUT2D eigenvalue weighted by atomic mass is 10.1. The van der Waals surface area contributed by atoms with Gasteiger partial charge in [0.15, 0.2) is 0 Å². The lowest BCUT2D eigenvalue weighted by molar-refractivity contribution is -0.136. The van der Waals surface area contributed by atoms with Crippen molar-refractivity contribution in [1.29, 1.82) is 0 Å². The second kappa shape index (κ2) is 13.2. The van der Waals surface area contributed by atoms with Crippen LogP contribution >= 0.6 is 0 Å². The summed E-state index contributed by atoms with van der Waals surface area (Å²) in [7, 11) is 1.60. The predicted octanol–water partition coefficient (Wildman–Crippen LogP) is 2.55. The third kappa shape index (κ3) is 9.44. The number of hydrogen-bond acceptors (Lipinski definition) is 4. The molecule has 0 saturated heterocycles. The number of carbonyl (C=O) groups excluding carboxylic acids is 3. The SMILES string of the molecule is COCCCN(CC(=O)NCC(=O)Nc1ccc(C)cc1)C(=O)CCc1ccccc1. The number of rotatable bonds is 12. The van der Waals surface area contributed by atoms with Gasteiger partial charge >= 0.3 is 0 Å². The van der Waals surface area contributed by atoms with E-state index in [1.807, 2.05) is 49.4 Å². The Morgan fingerprint density at radius 1 is 0.968 bits per heavy atom. The van der Waals surface area contributed by atoms with Crippen LogP contribution in [0.2, 0.25) is 0 Å². The summed E-state index contributed by atoms with van der Waals surface area (Å²) in [5.41, 5.74) is 2.84. The van der Waals surface area contributed by atoms with Gasteiger partial charge in [-0.1, -0.05) is 48.0 Å². The number of hydrogen-bond donors (Lipinski definition) is 2. The van der Waals surface area contributed by atoms with Gasteiger partial charge < -0.3 is 20.3 Å². The first kappa shape index (κ1) is 24.1. The Morgan fingerprint density at radius 2 is 1.68 bits per heavy atom. The predicted molar refractivity (Wildman–Crippen MR) is 121 cm³/mol. The average molecular weight is 426 g/mol. The van der Waals surface area contributed by atoms with Gasteiger partial charge in [-0.15, -0.1) is 0 Å². The Kier molecular flexibility index (Phi) is 10.2. The normalized spacial score (nSPS) is 10.4. The van der Waals surface area contributed by atoms with E-state index in [1.54, 1.807) is 19.2 Å². The van der Waals surface area contributed by atoms with Crippen LogP contribution in [-0.2, 0) is 25.5 Å². The highest BCUT2D eigenvalue weighted by Gasteiger charge is 2.17. The molecule has 2 aromatic rings. The number of benzene rings is 2.